The van der Waals surface area contributed by atoms with Crippen LogP contribution in [-0.4, -0.2) is 10.9 Å². The normalized spacial score (nSPS) is 21.2. The Hall–Kier alpha value is -2.03. The Morgan fingerprint density at radius 3 is 2.65 bits per heavy atom. The summed E-state index contributed by atoms with van der Waals surface area (Å²) in [6.45, 7) is 8.03. The highest BCUT2D eigenvalue weighted by molar-refractivity contribution is 5.99. The number of aliphatic hydroxyl groups excluding tert-OH is 1. The first-order valence-corrected chi connectivity index (χ1v) is 8.32. The second-order valence-corrected chi connectivity index (χ2v) is 6.75. The quantitative estimate of drug-likeness (QED) is 0.613. The Morgan fingerprint density at radius 1 is 1.39 bits per heavy atom. The zero-order valence-electron chi connectivity index (χ0n) is 14.5. The molecule has 3 nitrogen and oxygen atoms in total. The third kappa shape index (κ3) is 3.66. The van der Waals surface area contributed by atoms with E-state index in [1.54, 1.807) is 0 Å². The Labute approximate surface area is 138 Å². The van der Waals surface area contributed by atoms with Crippen LogP contribution < -0.4 is 5.73 Å². The molecule has 0 radical (unpaired) electrons. The molecular formula is C20H27NO2. The maximum atomic E-state index is 12.7. The second-order valence-electron chi connectivity index (χ2n) is 6.75. The topological polar surface area (TPSA) is 63.3 Å². The zero-order valence-corrected chi connectivity index (χ0v) is 14.5. The lowest BCUT2D eigenvalue weighted by Crippen LogP contribution is -2.23. The zero-order chi connectivity index (χ0) is 17.1. The number of ketones is 1. The minimum Gasteiger partial charge on any atom is -0.511 e. The van der Waals surface area contributed by atoms with Crippen molar-refractivity contribution in [3.8, 4) is 0 Å². The first-order chi connectivity index (χ1) is 10.8. The van der Waals surface area contributed by atoms with Crippen LogP contribution in [0.5, 0.6) is 0 Å². The second kappa shape index (κ2) is 7.03. The van der Waals surface area contributed by atoms with E-state index in [4.69, 9.17) is 5.73 Å². The van der Waals surface area contributed by atoms with E-state index in [-0.39, 0.29) is 11.5 Å². The lowest BCUT2D eigenvalue weighted by atomic mass is 9.75. The van der Waals surface area contributed by atoms with Gasteiger partial charge in [-0.2, -0.15) is 0 Å². The van der Waals surface area contributed by atoms with Crippen LogP contribution in [0.2, 0.25) is 0 Å². The largest absolute Gasteiger partial charge is 0.511 e. The van der Waals surface area contributed by atoms with E-state index in [1.165, 1.54) is 0 Å². The van der Waals surface area contributed by atoms with Gasteiger partial charge in [-0.25, -0.2) is 0 Å². The highest BCUT2D eigenvalue weighted by Crippen LogP contribution is 2.40. The molecule has 0 saturated heterocycles. The van der Waals surface area contributed by atoms with Crippen LogP contribution in [0.25, 0.3) is 0 Å². The van der Waals surface area contributed by atoms with Gasteiger partial charge in [0, 0.05) is 17.7 Å². The molecule has 2 atom stereocenters. The molecule has 0 amide bonds. The molecule has 0 fully saturated rings. The lowest BCUT2D eigenvalue weighted by Gasteiger charge is -2.29. The maximum absolute atomic E-state index is 12.7. The van der Waals surface area contributed by atoms with Gasteiger partial charge in [0.2, 0.25) is 0 Å². The van der Waals surface area contributed by atoms with Crippen LogP contribution in [0.4, 0.5) is 5.69 Å². The van der Waals surface area contributed by atoms with Gasteiger partial charge in [0.25, 0.3) is 0 Å². The number of aliphatic hydroxyl groups is 1. The van der Waals surface area contributed by atoms with Crippen molar-refractivity contribution < 1.29 is 9.90 Å². The molecule has 0 aromatic heterocycles. The Morgan fingerprint density at radius 2 is 2.09 bits per heavy atom. The van der Waals surface area contributed by atoms with E-state index in [0.717, 1.165) is 35.1 Å². The molecule has 1 aliphatic carbocycles. The predicted octanol–water partition coefficient (Wildman–Crippen LogP) is 4.91. The summed E-state index contributed by atoms with van der Waals surface area (Å²) in [4.78, 5) is 12.7. The number of Topliss-reactive ketones (excluding diaryl/α,β-unsaturated/α-hetero) is 1. The van der Waals surface area contributed by atoms with Gasteiger partial charge in [-0.1, -0.05) is 31.6 Å². The Kier molecular flexibility index (Phi) is 5.30. The summed E-state index contributed by atoms with van der Waals surface area (Å²) in [5.74, 6) is 0.393. The molecule has 0 spiro atoms. The fourth-order valence-corrected chi connectivity index (χ4v) is 3.40. The standard InChI is InChI=1S/C20H27NO2/c1-5-13(3)20(23)19(15-7-6-8-16(21)11-15)18-14(4)9-12(2)10-17(18)22/h6-8,11-12,19,23H,5,9-10,21H2,1-4H3/b20-13+. The van der Waals surface area contributed by atoms with Crippen LogP contribution in [-0.2, 0) is 4.79 Å². The SMILES string of the molecule is CC/C(C)=C(/O)C(C1=C(C)CC(C)CC1=O)c1cccc(N)c1. The van der Waals surface area contributed by atoms with Gasteiger partial charge < -0.3 is 10.8 Å². The summed E-state index contributed by atoms with van der Waals surface area (Å²) >= 11 is 0. The molecule has 0 aliphatic heterocycles. The van der Waals surface area contributed by atoms with E-state index in [9.17, 15) is 9.90 Å². The van der Waals surface area contributed by atoms with Crippen LogP contribution in [0.15, 0.2) is 46.7 Å². The number of benzene rings is 1. The molecule has 3 N–H and O–H groups in total. The summed E-state index contributed by atoms with van der Waals surface area (Å²) < 4.78 is 0. The molecule has 1 aliphatic rings. The van der Waals surface area contributed by atoms with Gasteiger partial charge in [-0.3, -0.25) is 4.79 Å². The molecule has 0 saturated carbocycles. The number of anilines is 1. The van der Waals surface area contributed by atoms with Crippen molar-refractivity contribution in [3.05, 3.63) is 52.3 Å². The van der Waals surface area contributed by atoms with Crippen molar-refractivity contribution in [2.45, 2.75) is 52.9 Å². The number of nitrogen functional groups attached to an aromatic ring is 1. The number of allylic oxidation sites excluding steroid dienone is 3. The average Bonchev–Trinajstić information content (AvgIpc) is 2.49. The molecular weight excluding hydrogens is 286 g/mol. The van der Waals surface area contributed by atoms with Crippen molar-refractivity contribution in [1.29, 1.82) is 0 Å². The predicted molar refractivity (Wildman–Crippen MR) is 95.3 cm³/mol. The van der Waals surface area contributed by atoms with Crippen molar-refractivity contribution >= 4 is 11.5 Å². The summed E-state index contributed by atoms with van der Waals surface area (Å²) in [5, 5.41) is 10.8. The van der Waals surface area contributed by atoms with Crippen LogP contribution in [0.3, 0.4) is 0 Å². The van der Waals surface area contributed by atoms with Gasteiger partial charge in [0.1, 0.15) is 5.76 Å². The fourth-order valence-electron chi connectivity index (χ4n) is 3.40. The molecule has 23 heavy (non-hydrogen) atoms. The van der Waals surface area contributed by atoms with Gasteiger partial charge in [0.15, 0.2) is 5.78 Å². The molecule has 124 valence electrons. The molecule has 0 heterocycles. The van der Waals surface area contributed by atoms with E-state index in [2.05, 4.69) is 6.92 Å². The molecule has 3 heteroatoms. The summed E-state index contributed by atoms with van der Waals surface area (Å²) in [7, 11) is 0. The lowest BCUT2D eigenvalue weighted by molar-refractivity contribution is -0.117. The smallest absolute Gasteiger partial charge is 0.160 e. The van der Waals surface area contributed by atoms with Gasteiger partial charge in [-0.05, 0) is 55.9 Å². The number of rotatable bonds is 4. The van der Waals surface area contributed by atoms with E-state index < -0.39 is 5.92 Å². The van der Waals surface area contributed by atoms with Crippen LogP contribution >= 0.6 is 0 Å². The molecule has 1 aromatic carbocycles. The van der Waals surface area contributed by atoms with Gasteiger partial charge >= 0.3 is 0 Å². The molecule has 1 aromatic rings. The first kappa shape index (κ1) is 17.3. The Bertz CT molecular complexity index is 670. The third-order valence-electron chi connectivity index (χ3n) is 4.72. The highest BCUT2D eigenvalue weighted by atomic mass is 16.3. The number of carbonyl (C=O) groups excluding carboxylic acids is 1. The molecule has 2 unspecified atom stereocenters. The third-order valence-corrected chi connectivity index (χ3v) is 4.72. The fraction of sp³-hybridized carbons (Fsp3) is 0.450. The van der Waals surface area contributed by atoms with Crippen molar-refractivity contribution in [2.24, 2.45) is 5.92 Å². The summed E-state index contributed by atoms with van der Waals surface area (Å²) in [6.07, 6.45) is 2.20. The van der Waals surface area contributed by atoms with E-state index in [1.807, 2.05) is 45.0 Å². The van der Waals surface area contributed by atoms with Crippen LogP contribution in [0.1, 0.15) is 58.4 Å². The number of hydrogen-bond donors (Lipinski definition) is 2. The van der Waals surface area contributed by atoms with Gasteiger partial charge in [0.05, 0.1) is 5.92 Å². The van der Waals surface area contributed by atoms with Crippen molar-refractivity contribution in [3.63, 3.8) is 0 Å². The van der Waals surface area contributed by atoms with Gasteiger partial charge in [-0.15, -0.1) is 0 Å². The van der Waals surface area contributed by atoms with Crippen LogP contribution in [0, 0.1) is 5.92 Å². The summed E-state index contributed by atoms with van der Waals surface area (Å²) in [5.41, 5.74) is 10.2. The molecule has 0 bridgehead atoms. The summed E-state index contributed by atoms with van der Waals surface area (Å²) in [6, 6.07) is 7.49. The van der Waals surface area contributed by atoms with E-state index in [0.29, 0.717) is 18.0 Å². The number of carbonyl (C=O) groups is 1. The average molecular weight is 313 g/mol. The maximum Gasteiger partial charge on any atom is 0.160 e. The first-order valence-electron chi connectivity index (χ1n) is 8.32. The van der Waals surface area contributed by atoms with E-state index >= 15 is 0 Å². The minimum absolute atomic E-state index is 0.143. The monoisotopic (exact) mass is 313 g/mol. The Balaban J connectivity index is 2.64. The minimum atomic E-state index is -0.404. The number of nitrogens with two attached hydrogens (primary N) is 1. The highest BCUT2D eigenvalue weighted by Gasteiger charge is 2.32. The molecule has 2 rings (SSSR count). The number of hydrogen-bond acceptors (Lipinski definition) is 3. The van der Waals surface area contributed by atoms with Crippen molar-refractivity contribution in [1.82, 2.24) is 0 Å². The van der Waals surface area contributed by atoms with Crippen molar-refractivity contribution in [2.75, 3.05) is 5.73 Å².